The zero-order valence-corrected chi connectivity index (χ0v) is 20.9. The Hall–Kier alpha value is -3.85. The van der Waals surface area contributed by atoms with Crippen LogP contribution in [0.25, 0.3) is 10.9 Å². The average Bonchev–Trinajstić information content (AvgIpc) is 3.37. The maximum Gasteiger partial charge on any atom is 0.252 e. The zero-order valence-electron chi connectivity index (χ0n) is 20.1. The van der Waals surface area contributed by atoms with Crippen molar-refractivity contribution in [2.24, 2.45) is 5.73 Å². The molecule has 0 saturated heterocycles. The Morgan fingerprint density at radius 1 is 1.09 bits per heavy atom. The van der Waals surface area contributed by atoms with Crippen molar-refractivity contribution in [2.75, 3.05) is 23.8 Å². The number of anilines is 3. The maximum atomic E-state index is 12.4. The highest BCUT2D eigenvalue weighted by molar-refractivity contribution is 7.13. The number of carbonyl (C=O) groups is 1. The van der Waals surface area contributed by atoms with E-state index in [0.29, 0.717) is 48.0 Å². The van der Waals surface area contributed by atoms with Crippen LogP contribution in [0.4, 0.5) is 16.5 Å². The lowest BCUT2D eigenvalue weighted by molar-refractivity contribution is 0.100. The maximum absolute atomic E-state index is 12.4. The summed E-state index contributed by atoms with van der Waals surface area (Å²) in [4.78, 5) is 21.1. The van der Waals surface area contributed by atoms with Crippen LogP contribution in [-0.4, -0.2) is 29.1 Å². The topological polar surface area (TPSA) is 111 Å². The summed E-state index contributed by atoms with van der Waals surface area (Å²) in [5, 5.41) is 10.4. The highest BCUT2D eigenvalue weighted by Gasteiger charge is 2.18. The van der Waals surface area contributed by atoms with Gasteiger partial charge in [-0.05, 0) is 43.5 Å². The van der Waals surface area contributed by atoms with Crippen molar-refractivity contribution in [1.29, 1.82) is 0 Å². The summed E-state index contributed by atoms with van der Waals surface area (Å²) in [5.41, 5.74) is 10.5. The van der Waals surface area contributed by atoms with E-state index < -0.39 is 5.91 Å². The Bertz CT molecular complexity index is 1320. The molecular weight excluding hydrogens is 462 g/mol. The highest BCUT2D eigenvalue weighted by atomic mass is 32.1. The first-order valence-corrected chi connectivity index (χ1v) is 12.5. The van der Waals surface area contributed by atoms with E-state index in [1.54, 1.807) is 17.5 Å². The van der Waals surface area contributed by atoms with Crippen molar-refractivity contribution in [3.8, 4) is 11.5 Å². The van der Waals surface area contributed by atoms with Gasteiger partial charge in [-0.2, -0.15) is 0 Å². The molecule has 9 heteroatoms. The third kappa shape index (κ3) is 5.30. The third-order valence-electron chi connectivity index (χ3n) is 5.55. The molecule has 0 unspecified atom stereocenters. The second kappa shape index (κ2) is 11.1. The number of rotatable bonds is 11. The first-order chi connectivity index (χ1) is 17.0. The smallest absolute Gasteiger partial charge is 0.252 e. The van der Waals surface area contributed by atoms with Crippen LogP contribution in [0.1, 0.15) is 42.3 Å². The lowest BCUT2D eigenvalue weighted by atomic mass is 10.0. The summed E-state index contributed by atoms with van der Waals surface area (Å²) < 4.78 is 11.6. The molecular formula is C26H29N5O3S. The van der Waals surface area contributed by atoms with Crippen LogP contribution in [0, 0.1) is 0 Å². The zero-order chi connectivity index (χ0) is 24.8. The molecule has 0 radical (unpaired) electrons. The molecule has 0 atom stereocenters. The number of thiazole rings is 1. The second-order valence-electron chi connectivity index (χ2n) is 7.71. The SMILES string of the molecule is CCOc1cc2ncc(C(N)=O)c(Nc3cccc(CNc4nccs4)c3CC)c2cc1OCC. The van der Waals surface area contributed by atoms with E-state index in [-0.39, 0.29) is 0 Å². The summed E-state index contributed by atoms with van der Waals surface area (Å²) >= 11 is 1.56. The van der Waals surface area contributed by atoms with Crippen molar-refractivity contribution < 1.29 is 14.3 Å². The molecule has 4 rings (SSSR count). The fourth-order valence-electron chi connectivity index (χ4n) is 4.01. The van der Waals surface area contributed by atoms with E-state index in [4.69, 9.17) is 15.2 Å². The first kappa shape index (κ1) is 24.3. The van der Waals surface area contributed by atoms with E-state index >= 15 is 0 Å². The molecule has 2 heterocycles. The van der Waals surface area contributed by atoms with E-state index in [1.807, 2.05) is 43.5 Å². The quantitative estimate of drug-likeness (QED) is 0.254. The van der Waals surface area contributed by atoms with Gasteiger partial charge in [0, 0.05) is 41.5 Å². The minimum absolute atomic E-state index is 0.303. The third-order valence-corrected chi connectivity index (χ3v) is 6.28. The molecule has 0 aliphatic rings. The molecule has 2 aromatic heterocycles. The summed E-state index contributed by atoms with van der Waals surface area (Å²) in [6.07, 6.45) is 4.08. The predicted octanol–water partition coefficient (Wildman–Crippen LogP) is 5.51. The normalized spacial score (nSPS) is 10.8. The Morgan fingerprint density at radius 2 is 1.86 bits per heavy atom. The number of aromatic nitrogens is 2. The Morgan fingerprint density at radius 3 is 2.51 bits per heavy atom. The van der Waals surface area contributed by atoms with Crippen LogP contribution in [0.3, 0.4) is 0 Å². The van der Waals surface area contributed by atoms with Crippen LogP contribution in [0.2, 0.25) is 0 Å². The minimum Gasteiger partial charge on any atom is -0.490 e. The predicted molar refractivity (Wildman–Crippen MR) is 141 cm³/mol. The Balaban J connectivity index is 1.79. The van der Waals surface area contributed by atoms with Crippen LogP contribution in [0.5, 0.6) is 11.5 Å². The molecule has 0 spiro atoms. The monoisotopic (exact) mass is 491 g/mol. The van der Waals surface area contributed by atoms with Gasteiger partial charge in [0.2, 0.25) is 0 Å². The van der Waals surface area contributed by atoms with Gasteiger partial charge in [-0.3, -0.25) is 9.78 Å². The standard InChI is InChI=1S/C26H29N5O3S/c1-4-17-16(14-30-26-28-10-11-35-26)8-7-9-20(17)31-24-18-12-22(33-5-2)23(34-6-3)13-21(18)29-15-19(24)25(27)32/h7-13,15H,4-6,14H2,1-3H3,(H2,27,32)(H,28,30)(H,29,31). The summed E-state index contributed by atoms with van der Waals surface area (Å²) in [6.45, 7) is 7.55. The molecule has 0 bridgehead atoms. The summed E-state index contributed by atoms with van der Waals surface area (Å²) in [7, 11) is 0. The molecule has 0 saturated carbocycles. The van der Waals surface area contributed by atoms with Crippen molar-refractivity contribution in [1.82, 2.24) is 9.97 Å². The average molecular weight is 492 g/mol. The number of ether oxygens (including phenoxy) is 2. The van der Waals surface area contributed by atoms with Gasteiger partial charge in [-0.15, -0.1) is 11.3 Å². The van der Waals surface area contributed by atoms with Gasteiger partial charge in [0.05, 0.1) is 30.0 Å². The van der Waals surface area contributed by atoms with E-state index in [9.17, 15) is 4.79 Å². The largest absolute Gasteiger partial charge is 0.490 e. The Labute approximate surface area is 208 Å². The fourth-order valence-corrected chi connectivity index (χ4v) is 4.54. The molecule has 8 nitrogen and oxygen atoms in total. The number of pyridine rings is 1. The molecule has 4 N–H and O–H groups in total. The summed E-state index contributed by atoms with van der Waals surface area (Å²) in [6, 6.07) is 9.76. The molecule has 0 aliphatic carbocycles. The minimum atomic E-state index is -0.562. The van der Waals surface area contributed by atoms with Gasteiger partial charge in [-0.25, -0.2) is 4.98 Å². The van der Waals surface area contributed by atoms with Crippen LogP contribution in [-0.2, 0) is 13.0 Å². The number of nitrogens with zero attached hydrogens (tertiary/aromatic N) is 2. The van der Waals surface area contributed by atoms with Crippen LogP contribution < -0.4 is 25.8 Å². The van der Waals surface area contributed by atoms with Gasteiger partial charge in [0.1, 0.15) is 0 Å². The number of nitrogens with one attached hydrogen (secondary N) is 2. The van der Waals surface area contributed by atoms with Gasteiger partial charge in [-0.1, -0.05) is 19.1 Å². The molecule has 2 aromatic carbocycles. The molecule has 0 fully saturated rings. The first-order valence-electron chi connectivity index (χ1n) is 11.6. The molecule has 0 aliphatic heterocycles. The molecule has 1 amide bonds. The second-order valence-corrected chi connectivity index (χ2v) is 8.60. The molecule has 4 aromatic rings. The van der Waals surface area contributed by atoms with Crippen molar-refractivity contribution in [2.45, 2.75) is 33.7 Å². The molecule has 35 heavy (non-hydrogen) atoms. The molecule has 182 valence electrons. The van der Waals surface area contributed by atoms with Crippen LogP contribution in [0.15, 0.2) is 48.1 Å². The lowest BCUT2D eigenvalue weighted by Crippen LogP contribution is -2.15. The van der Waals surface area contributed by atoms with Gasteiger partial charge in [0.25, 0.3) is 5.91 Å². The summed E-state index contributed by atoms with van der Waals surface area (Å²) in [5.74, 6) is 0.635. The van der Waals surface area contributed by atoms with Gasteiger partial charge in [0.15, 0.2) is 16.6 Å². The van der Waals surface area contributed by atoms with Crippen LogP contribution >= 0.6 is 11.3 Å². The van der Waals surface area contributed by atoms with Gasteiger partial charge >= 0.3 is 0 Å². The Kier molecular flexibility index (Phi) is 7.67. The fraction of sp³-hybridized carbons (Fsp3) is 0.269. The van der Waals surface area contributed by atoms with E-state index in [1.165, 1.54) is 6.20 Å². The van der Waals surface area contributed by atoms with Crippen molar-refractivity contribution in [3.05, 3.63) is 64.8 Å². The van der Waals surface area contributed by atoms with Gasteiger partial charge < -0.3 is 25.8 Å². The number of amides is 1. The van der Waals surface area contributed by atoms with Crippen molar-refractivity contribution >= 4 is 44.7 Å². The number of hydrogen-bond acceptors (Lipinski definition) is 8. The van der Waals surface area contributed by atoms with Crippen molar-refractivity contribution in [3.63, 3.8) is 0 Å². The number of carbonyl (C=O) groups excluding carboxylic acids is 1. The lowest BCUT2D eigenvalue weighted by Gasteiger charge is -2.19. The highest BCUT2D eigenvalue weighted by Crippen LogP contribution is 2.38. The van der Waals surface area contributed by atoms with E-state index in [2.05, 4.69) is 33.6 Å². The van der Waals surface area contributed by atoms with E-state index in [0.717, 1.165) is 33.8 Å². The number of fused-ring (bicyclic) bond motifs is 1. The number of benzene rings is 2. The number of primary amides is 1. The number of hydrogen-bond donors (Lipinski definition) is 3. The number of nitrogens with two attached hydrogens (primary N) is 1.